The number of hydrogen-bond donors (Lipinski definition) is 1. The molecule has 1 N–H and O–H groups in total. The molecule has 7 heteroatoms. The first kappa shape index (κ1) is 23.2. The summed E-state index contributed by atoms with van der Waals surface area (Å²) >= 11 is 6.35. The van der Waals surface area contributed by atoms with Crippen molar-refractivity contribution in [1.29, 1.82) is 0 Å². The molecule has 2 heterocycles. The Balaban J connectivity index is 1.59. The lowest BCUT2D eigenvalue weighted by molar-refractivity contribution is 0.0713. The van der Waals surface area contributed by atoms with Crippen LogP contribution in [0.5, 0.6) is 0 Å². The maximum atomic E-state index is 14.1. The van der Waals surface area contributed by atoms with Crippen molar-refractivity contribution < 1.29 is 13.6 Å². The Bertz CT molecular complexity index is 1160. The van der Waals surface area contributed by atoms with Gasteiger partial charge in [0.2, 0.25) is 0 Å². The lowest BCUT2D eigenvalue weighted by Crippen LogP contribution is -2.38. The number of anilines is 2. The zero-order chi connectivity index (χ0) is 23.5. The van der Waals surface area contributed by atoms with Gasteiger partial charge < -0.3 is 10.2 Å². The summed E-state index contributed by atoms with van der Waals surface area (Å²) in [6.07, 6.45) is 3.65. The maximum absolute atomic E-state index is 14.1. The highest BCUT2D eigenvalue weighted by Gasteiger charge is 2.28. The molecule has 33 heavy (non-hydrogen) atoms. The van der Waals surface area contributed by atoms with E-state index in [0.29, 0.717) is 52.7 Å². The predicted octanol–water partition coefficient (Wildman–Crippen LogP) is 6.65. The Kier molecular flexibility index (Phi) is 6.94. The van der Waals surface area contributed by atoms with Crippen LogP contribution in [0.2, 0.25) is 5.15 Å². The third-order valence-corrected chi connectivity index (χ3v) is 6.69. The molecule has 0 bridgehead atoms. The molecule has 1 aliphatic rings. The van der Waals surface area contributed by atoms with Gasteiger partial charge in [-0.25, -0.2) is 13.8 Å². The third-order valence-electron chi connectivity index (χ3n) is 6.36. The zero-order valence-electron chi connectivity index (χ0n) is 18.7. The van der Waals surface area contributed by atoms with Crippen LogP contribution in [0.3, 0.4) is 0 Å². The molecule has 4 rings (SSSR count). The van der Waals surface area contributed by atoms with E-state index in [2.05, 4.69) is 10.3 Å². The van der Waals surface area contributed by atoms with Crippen molar-refractivity contribution in [3.63, 3.8) is 0 Å². The number of nitrogens with zero attached hydrogens (tertiary/aromatic N) is 2. The molecule has 1 amide bonds. The number of carbonyl (C=O) groups excluding carboxylic acids is 1. The molecule has 0 spiro atoms. The average Bonchev–Trinajstić information content (AvgIpc) is 2.82. The van der Waals surface area contributed by atoms with Gasteiger partial charge in [-0.3, -0.25) is 4.79 Å². The number of piperidine rings is 1. The van der Waals surface area contributed by atoms with Crippen LogP contribution in [-0.4, -0.2) is 28.9 Å². The number of hydrogen-bond acceptors (Lipinski definition) is 3. The van der Waals surface area contributed by atoms with Gasteiger partial charge >= 0.3 is 0 Å². The highest BCUT2D eigenvalue weighted by atomic mass is 35.5. The van der Waals surface area contributed by atoms with Crippen LogP contribution in [0.4, 0.5) is 20.2 Å². The van der Waals surface area contributed by atoms with Gasteiger partial charge in [-0.2, -0.15) is 0 Å². The second kappa shape index (κ2) is 9.87. The molecular weight excluding hydrogens is 444 g/mol. The Morgan fingerprint density at radius 3 is 2.52 bits per heavy atom. The predicted molar refractivity (Wildman–Crippen MR) is 127 cm³/mol. The van der Waals surface area contributed by atoms with Crippen LogP contribution in [0.25, 0.3) is 0 Å². The summed E-state index contributed by atoms with van der Waals surface area (Å²) in [4.78, 5) is 19.6. The number of aromatic nitrogens is 1. The number of halogens is 3. The molecule has 1 saturated heterocycles. The summed E-state index contributed by atoms with van der Waals surface area (Å²) in [6, 6.07) is 11.4. The lowest BCUT2D eigenvalue weighted by Gasteiger charge is -2.33. The fourth-order valence-corrected chi connectivity index (χ4v) is 4.63. The highest BCUT2D eigenvalue weighted by Crippen LogP contribution is 2.34. The summed E-state index contributed by atoms with van der Waals surface area (Å²) in [6.45, 7) is 4.80. The van der Waals surface area contributed by atoms with Crippen LogP contribution in [0.15, 0.2) is 48.7 Å². The van der Waals surface area contributed by atoms with Gasteiger partial charge in [0.25, 0.3) is 5.91 Å². The summed E-state index contributed by atoms with van der Waals surface area (Å²) < 4.78 is 27.4. The van der Waals surface area contributed by atoms with E-state index in [-0.39, 0.29) is 23.5 Å². The van der Waals surface area contributed by atoms with Crippen LogP contribution < -0.4 is 5.32 Å². The Morgan fingerprint density at radius 1 is 1.15 bits per heavy atom. The molecule has 0 unspecified atom stereocenters. The van der Waals surface area contributed by atoms with Crippen molar-refractivity contribution in [3.05, 3.63) is 87.7 Å². The van der Waals surface area contributed by atoms with Gasteiger partial charge in [0.1, 0.15) is 16.8 Å². The van der Waals surface area contributed by atoms with E-state index in [9.17, 15) is 13.6 Å². The summed E-state index contributed by atoms with van der Waals surface area (Å²) in [5.74, 6) is -0.421. The Labute approximate surface area is 197 Å². The van der Waals surface area contributed by atoms with E-state index >= 15 is 0 Å². The number of pyridine rings is 1. The summed E-state index contributed by atoms with van der Waals surface area (Å²) in [5.41, 5.74) is 3.83. The number of rotatable bonds is 5. The van der Waals surface area contributed by atoms with E-state index < -0.39 is 0 Å². The summed E-state index contributed by atoms with van der Waals surface area (Å²) in [5, 5.41) is 3.57. The van der Waals surface area contributed by atoms with Crippen molar-refractivity contribution in [2.24, 2.45) is 0 Å². The normalized spacial score (nSPS) is 14.4. The molecule has 172 valence electrons. The van der Waals surface area contributed by atoms with Crippen LogP contribution in [-0.2, 0) is 6.42 Å². The molecule has 0 aliphatic carbocycles. The first-order valence-electron chi connectivity index (χ1n) is 11.1. The van der Waals surface area contributed by atoms with E-state index in [0.717, 1.165) is 18.4 Å². The number of carbonyl (C=O) groups is 1. The number of benzene rings is 2. The summed E-state index contributed by atoms with van der Waals surface area (Å²) in [7, 11) is 0. The van der Waals surface area contributed by atoms with Gasteiger partial charge in [0, 0.05) is 36.1 Å². The fourth-order valence-electron chi connectivity index (χ4n) is 4.36. The molecule has 1 aromatic heterocycles. The maximum Gasteiger partial charge on any atom is 0.257 e. The van der Waals surface area contributed by atoms with Crippen molar-refractivity contribution in [2.45, 2.75) is 39.0 Å². The SMILES string of the molecule is CCc1c(Cl)ncc(C(=O)N2CCC(c3ccc(F)cc3)CC2)c1Nc1cccc(F)c1C. The molecule has 3 aromatic rings. The smallest absolute Gasteiger partial charge is 0.257 e. The van der Waals surface area contributed by atoms with E-state index in [1.807, 2.05) is 24.0 Å². The van der Waals surface area contributed by atoms with E-state index in [1.165, 1.54) is 24.4 Å². The minimum atomic E-state index is -0.325. The largest absolute Gasteiger partial charge is 0.354 e. The van der Waals surface area contributed by atoms with Crippen molar-refractivity contribution >= 4 is 28.9 Å². The van der Waals surface area contributed by atoms with Crippen LogP contribution in [0, 0.1) is 18.6 Å². The highest BCUT2D eigenvalue weighted by molar-refractivity contribution is 6.30. The Hall–Kier alpha value is -2.99. The molecule has 0 atom stereocenters. The van der Waals surface area contributed by atoms with Gasteiger partial charge in [-0.15, -0.1) is 0 Å². The minimum absolute atomic E-state index is 0.136. The molecule has 0 saturated carbocycles. The van der Waals surface area contributed by atoms with Gasteiger partial charge in [0.05, 0.1) is 11.3 Å². The van der Waals surface area contributed by atoms with Crippen molar-refractivity contribution in [1.82, 2.24) is 9.88 Å². The molecule has 1 aliphatic heterocycles. The zero-order valence-corrected chi connectivity index (χ0v) is 19.4. The van der Waals surface area contributed by atoms with Gasteiger partial charge in [-0.05, 0) is 61.9 Å². The first-order chi connectivity index (χ1) is 15.9. The van der Waals surface area contributed by atoms with E-state index in [1.54, 1.807) is 19.1 Å². The lowest BCUT2D eigenvalue weighted by atomic mass is 9.89. The Morgan fingerprint density at radius 2 is 1.85 bits per heavy atom. The molecule has 2 aromatic carbocycles. The van der Waals surface area contributed by atoms with Crippen molar-refractivity contribution in [3.8, 4) is 0 Å². The van der Waals surface area contributed by atoms with Gasteiger partial charge in [0.15, 0.2) is 0 Å². The quantitative estimate of drug-likeness (QED) is 0.425. The number of nitrogens with one attached hydrogen (secondary N) is 1. The average molecular weight is 470 g/mol. The van der Waals surface area contributed by atoms with Gasteiger partial charge in [-0.1, -0.05) is 36.7 Å². The molecule has 0 radical (unpaired) electrons. The third kappa shape index (κ3) is 4.86. The first-order valence-corrected chi connectivity index (χ1v) is 11.5. The second-order valence-corrected chi connectivity index (χ2v) is 8.68. The molecular formula is C26H26ClF2N3O. The molecule has 1 fully saturated rings. The van der Waals surface area contributed by atoms with Crippen LogP contribution in [0.1, 0.15) is 52.7 Å². The topological polar surface area (TPSA) is 45.2 Å². The minimum Gasteiger partial charge on any atom is -0.354 e. The fraction of sp³-hybridized carbons (Fsp3) is 0.308. The second-order valence-electron chi connectivity index (χ2n) is 8.33. The number of likely N-dealkylation sites (tertiary alicyclic amines) is 1. The van der Waals surface area contributed by atoms with Crippen LogP contribution >= 0.6 is 11.6 Å². The number of amides is 1. The van der Waals surface area contributed by atoms with E-state index in [4.69, 9.17) is 11.6 Å². The molecule has 4 nitrogen and oxygen atoms in total. The van der Waals surface area contributed by atoms with Crippen molar-refractivity contribution in [2.75, 3.05) is 18.4 Å². The monoisotopic (exact) mass is 469 g/mol. The standard InChI is InChI=1S/C26H26ClF2N3O/c1-3-20-24(31-23-6-4-5-22(29)16(23)2)21(15-30-25(20)27)26(33)32-13-11-18(12-14-32)17-7-9-19(28)10-8-17/h4-10,15,18H,3,11-14H2,1-2H3,(H,30,31).